The fourth-order valence-corrected chi connectivity index (χ4v) is 1.50. The maximum absolute atomic E-state index is 8.46. The SMILES string of the molecule is CCCC(I)CCO. The van der Waals surface area contributed by atoms with Crippen molar-refractivity contribution < 1.29 is 5.11 Å². The van der Waals surface area contributed by atoms with Gasteiger partial charge in [0.05, 0.1) is 0 Å². The number of aliphatic hydroxyl groups excluding tert-OH is 1. The molecule has 1 N–H and O–H groups in total. The molecule has 8 heavy (non-hydrogen) atoms. The van der Waals surface area contributed by atoms with Gasteiger partial charge in [-0.1, -0.05) is 35.9 Å². The third-order valence-corrected chi connectivity index (χ3v) is 2.29. The van der Waals surface area contributed by atoms with Gasteiger partial charge in [-0.3, -0.25) is 0 Å². The first-order valence-electron chi connectivity index (χ1n) is 3.06. The average Bonchev–Trinajstić information content (AvgIpc) is 1.68. The van der Waals surface area contributed by atoms with E-state index in [0.717, 1.165) is 6.42 Å². The van der Waals surface area contributed by atoms with Gasteiger partial charge >= 0.3 is 0 Å². The van der Waals surface area contributed by atoms with Gasteiger partial charge in [0, 0.05) is 10.5 Å². The van der Waals surface area contributed by atoms with Crippen molar-refractivity contribution in [2.45, 2.75) is 30.1 Å². The van der Waals surface area contributed by atoms with E-state index in [2.05, 4.69) is 29.5 Å². The predicted octanol–water partition coefficient (Wildman–Crippen LogP) is 1.97. The Morgan fingerprint density at radius 2 is 2.12 bits per heavy atom. The summed E-state index contributed by atoms with van der Waals surface area (Å²) >= 11 is 2.38. The molecule has 0 saturated heterocycles. The van der Waals surface area contributed by atoms with Crippen LogP contribution < -0.4 is 0 Å². The van der Waals surface area contributed by atoms with E-state index in [1.54, 1.807) is 0 Å². The lowest BCUT2D eigenvalue weighted by Gasteiger charge is -2.03. The largest absolute Gasteiger partial charge is 0.396 e. The third kappa shape index (κ3) is 4.84. The highest BCUT2D eigenvalue weighted by atomic mass is 127. The Balaban J connectivity index is 2.92. The van der Waals surface area contributed by atoms with E-state index < -0.39 is 0 Å². The monoisotopic (exact) mass is 228 g/mol. The van der Waals surface area contributed by atoms with Crippen molar-refractivity contribution >= 4 is 22.6 Å². The van der Waals surface area contributed by atoms with Crippen LogP contribution in [0.4, 0.5) is 0 Å². The van der Waals surface area contributed by atoms with Gasteiger partial charge in [0.15, 0.2) is 0 Å². The zero-order valence-corrected chi connectivity index (χ0v) is 7.39. The van der Waals surface area contributed by atoms with Crippen molar-refractivity contribution in [1.82, 2.24) is 0 Å². The number of alkyl halides is 1. The molecular weight excluding hydrogens is 215 g/mol. The summed E-state index contributed by atoms with van der Waals surface area (Å²) in [6.07, 6.45) is 3.42. The smallest absolute Gasteiger partial charge is 0.0441 e. The van der Waals surface area contributed by atoms with Crippen LogP contribution in [0.5, 0.6) is 0 Å². The van der Waals surface area contributed by atoms with E-state index in [4.69, 9.17) is 5.11 Å². The van der Waals surface area contributed by atoms with Crippen molar-refractivity contribution in [3.63, 3.8) is 0 Å². The summed E-state index contributed by atoms with van der Waals surface area (Å²) in [4.78, 5) is 0. The Hall–Kier alpha value is 0.690. The molecule has 0 rings (SSSR count). The van der Waals surface area contributed by atoms with Crippen LogP contribution in [-0.2, 0) is 0 Å². The molecule has 0 radical (unpaired) electrons. The molecule has 0 aromatic carbocycles. The van der Waals surface area contributed by atoms with Crippen molar-refractivity contribution in [3.05, 3.63) is 0 Å². The molecule has 0 fully saturated rings. The topological polar surface area (TPSA) is 20.2 Å². The summed E-state index contributed by atoms with van der Waals surface area (Å²) in [5.41, 5.74) is 0. The highest BCUT2D eigenvalue weighted by molar-refractivity contribution is 14.1. The molecular formula is C6H13IO. The van der Waals surface area contributed by atoms with Crippen LogP contribution in [-0.4, -0.2) is 15.6 Å². The molecule has 2 heteroatoms. The normalized spacial score (nSPS) is 13.9. The van der Waals surface area contributed by atoms with Crippen LogP contribution >= 0.6 is 22.6 Å². The summed E-state index contributed by atoms with van der Waals surface area (Å²) in [6.45, 7) is 2.51. The molecule has 1 unspecified atom stereocenters. The Morgan fingerprint density at radius 1 is 1.50 bits per heavy atom. The van der Waals surface area contributed by atoms with Gasteiger partial charge in [-0.15, -0.1) is 0 Å². The van der Waals surface area contributed by atoms with Gasteiger partial charge in [0.1, 0.15) is 0 Å². The lowest BCUT2D eigenvalue weighted by molar-refractivity contribution is 0.287. The Labute approximate surface area is 64.6 Å². The van der Waals surface area contributed by atoms with E-state index >= 15 is 0 Å². The Bertz CT molecular complexity index is 41.8. The quantitative estimate of drug-likeness (QED) is 0.576. The van der Waals surface area contributed by atoms with E-state index in [9.17, 15) is 0 Å². The van der Waals surface area contributed by atoms with Gasteiger partial charge in [-0.05, 0) is 12.8 Å². The second-order valence-corrected chi connectivity index (χ2v) is 3.66. The van der Waals surface area contributed by atoms with E-state index in [1.165, 1.54) is 12.8 Å². The van der Waals surface area contributed by atoms with Crippen LogP contribution in [0.2, 0.25) is 0 Å². The zero-order valence-electron chi connectivity index (χ0n) is 5.23. The number of hydrogen-bond donors (Lipinski definition) is 1. The van der Waals surface area contributed by atoms with Gasteiger partial charge in [-0.2, -0.15) is 0 Å². The van der Waals surface area contributed by atoms with Crippen molar-refractivity contribution in [1.29, 1.82) is 0 Å². The fourth-order valence-electron chi connectivity index (χ4n) is 0.598. The number of hydrogen-bond acceptors (Lipinski definition) is 1. The molecule has 50 valence electrons. The maximum Gasteiger partial charge on any atom is 0.0441 e. The third-order valence-electron chi connectivity index (χ3n) is 1.04. The second kappa shape index (κ2) is 5.82. The van der Waals surface area contributed by atoms with Crippen molar-refractivity contribution in [3.8, 4) is 0 Å². The van der Waals surface area contributed by atoms with Crippen LogP contribution in [0, 0.1) is 0 Å². The molecule has 0 aromatic rings. The molecule has 0 heterocycles. The maximum atomic E-state index is 8.46. The lowest BCUT2D eigenvalue weighted by atomic mass is 10.2. The Morgan fingerprint density at radius 3 is 2.50 bits per heavy atom. The van der Waals surface area contributed by atoms with E-state index in [1.807, 2.05) is 0 Å². The summed E-state index contributed by atoms with van der Waals surface area (Å²) < 4.78 is 0.683. The summed E-state index contributed by atoms with van der Waals surface area (Å²) in [7, 11) is 0. The molecule has 0 spiro atoms. The number of rotatable bonds is 4. The minimum absolute atomic E-state index is 0.341. The van der Waals surface area contributed by atoms with Gasteiger partial charge in [0.2, 0.25) is 0 Å². The zero-order chi connectivity index (χ0) is 6.41. The summed E-state index contributed by atoms with van der Waals surface area (Å²) in [5.74, 6) is 0. The number of halogens is 1. The first-order valence-corrected chi connectivity index (χ1v) is 4.30. The Kier molecular flexibility index (Phi) is 6.32. The molecule has 0 aromatic heterocycles. The first-order chi connectivity index (χ1) is 3.81. The van der Waals surface area contributed by atoms with Gasteiger partial charge < -0.3 is 5.11 Å². The predicted molar refractivity (Wildman–Crippen MR) is 44.4 cm³/mol. The first kappa shape index (κ1) is 8.69. The molecule has 0 aliphatic heterocycles. The molecule has 0 aliphatic rings. The van der Waals surface area contributed by atoms with Gasteiger partial charge in [-0.25, -0.2) is 0 Å². The average molecular weight is 228 g/mol. The molecule has 0 aliphatic carbocycles. The lowest BCUT2D eigenvalue weighted by Crippen LogP contribution is -1.98. The molecule has 0 bridgehead atoms. The van der Waals surface area contributed by atoms with Crippen LogP contribution in [0.1, 0.15) is 26.2 Å². The molecule has 0 amide bonds. The number of aliphatic hydroxyl groups is 1. The van der Waals surface area contributed by atoms with E-state index in [0.29, 0.717) is 10.5 Å². The highest BCUT2D eigenvalue weighted by Gasteiger charge is 1.98. The van der Waals surface area contributed by atoms with Crippen molar-refractivity contribution in [2.24, 2.45) is 0 Å². The van der Waals surface area contributed by atoms with Crippen LogP contribution in [0.25, 0.3) is 0 Å². The van der Waals surface area contributed by atoms with Crippen molar-refractivity contribution in [2.75, 3.05) is 6.61 Å². The molecule has 1 atom stereocenters. The summed E-state index contributed by atoms with van der Waals surface area (Å²) in [5, 5.41) is 8.46. The summed E-state index contributed by atoms with van der Waals surface area (Å²) in [6, 6.07) is 0. The molecule has 0 saturated carbocycles. The van der Waals surface area contributed by atoms with Crippen LogP contribution in [0.15, 0.2) is 0 Å². The minimum atomic E-state index is 0.341. The highest BCUT2D eigenvalue weighted by Crippen LogP contribution is 2.11. The van der Waals surface area contributed by atoms with Gasteiger partial charge in [0.25, 0.3) is 0 Å². The van der Waals surface area contributed by atoms with E-state index in [-0.39, 0.29) is 0 Å². The standard InChI is InChI=1S/C6H13IO/c1-2-3-6(7)4-5-8/h6,8H,2-5H2,1H3. The minimum Gasteiger partial charge on any atom is -0.396 e. The van der Waals surface area contributed by atoms with Crippen LogP contribution in [0.3, 0.4) is 0 Å². The second-order valence-electron chi connectivity index (χ2n) is 1.90. The fraction of sp³-hybridized carbons (Fsp3) is 1.00. The molecule has 1 nitrogen and oxygen atoms in total.